The average molecular weight is 460 g/mol. The van der Waals surface area contributed by atoms with Crippen molar-refractivity contribution in [3.05, 3.63) is 69.8 Å². The van der Waals surface area contributed by atoms with Gasteiger partial charge in [0.2, 0.25) is 0 Å². The molecule has 0 saturated carbocycles. The molecular weight excluding hydrogens is 436 g/mol. The van der Waals surface area contributed by atoms with Gasteiger partial charge in [-0.15, -0.1) is 0 Å². The van der Waals surface area contributed by atoms with Crippen LogP contribution in [0.1, 0.15) is 17.2 Å². The molecule has 0 spiro atoms. The van der Waals surface area contributed by atoms with Crippen LogP contribution in [0.3, 0.4) is 0 Å². The lowest BCUT2D eigenvalue weighted by Crippen LogP contribution is -2.23. The quantitative estimate of drug-likeness (QED) is 0.319. The van der Waals surface area contributed by atoms with Gasteiger partial charge in [-0.3, -0.25) is 10.1 Å². The monoisotopic (exact) mass is 460 g/mol. The molecule has 1 atom stereocenters. The van der Waals surface area contributed by atoms with Crippen molar-refractivity contribution in [2.75, 3.05) is 27.3 Å². The van der Waals surface area contributed by atoms with Crippen LogP contribution < -0.4 is 19.5 Å². The molecule has 1 aliphatic heterocycles. The van der Waals surface area contributed by atoms with Crippen LogP contribution in [0, 0.1) is 10.1 Å². The van der Waals surface area contributed by atoms with E-state index in [1.807, 2.05) is 12.1 Å². The van der Waals surface area contributed by atoms with Gasteiger partial charge in [0.05, 0.1) is 19.1 Å². The Hall–Kier alpha value is -4.12. The first-order chi connectivity index (χ1) is 15.7. The van der Waals surface area contributed by atoms with Crippen molar-refractivity contribution < 1.29 is 38.9 Å². The first-order valence-electron chi connectivity index (χ1n) is 9.75. The molecule has 0 amide bonds. The summed E-state index contributed by atoms with van der Waals surface area (Å²) in [5.41, 5.74) is 2.20. The predicted octanol–water partition coefficient (Wildman–Crippen LogP) is 2.59. The zero-order valence-corrected chi connectivity index (χ0v) is 18.0. The summed E-state index contributed by atoms with van der Waals surface area (Å²) in [4.78, 5) is 29.5. The summed E-state index contributed by atoms with van der Waals surface area (Å²) in [6.07, 6.45) is 1.75. The van der Waals surface area contributed by atoms with E-state index in [1.54, 1.807) is 26.4 Å². The zero-order valence-electron chi connectivity index (χ0n) is 18.0. The minimum Gasteiger partial charge on any atom is -0.493 e. The Balaban J connectivity index is 0.000000414. The molecule has 11 heteroatoms. The van der Waals surface area contributed by atoms with Crippen LogP contribution in [-0.4, -0.2) is 54.4 Å². The SMILES string of the molecule is COc1cc2c(cc1OC)C(Oc1ccc([N+](=O)[O-])cc1)CNCC2.O=C(O)C=CC(=O)O. The Kier molecular flexibility index (Phi) is 9.18. The van der Waals surface area contributed by atoms with Crippen LogP contribution in [0.4, 0.5) is 5.69 Å². The lowest BCUT2D eigenvalue weighted by atomic mass is 10.00. The number of hydrogen-bond acceptors (Lipinski definition) is 8. The molecule has 0 aromatic heterocycles. The van der Waals surface area contributed by atoms with E-state index in [9.17, 15) is 19.7 Å². The predicted molar refractivity (Wildman–Crippen MR) is 117 cm³/mol. The number of carboxylic acid groups (broad SMARTS) is 2. The highest BCUT2D eigenvalue weighted by atomic mass is 16.6. The highest BCUT2D eigenvalue weighted by Gasteiger charge is 2.23. The third-order valence-electron chi connectivity index (χ3n) is 4.59. The molecule has 176 valence electrons. The number of methoxy groups -OCH3 is 2. The Morgan fingerprint density at radius 2 is 1.64 bits per heavy atom. The number of nitro groups is 1. The molecule has 0 bridgehead atoms. The number of carbonyl (C=O) groups is 2. The Morgan fingerprint density at radius 1 is 1.06 bits per heavy atom. The third-order valence-corrected chi connectivity index (χ3v) is 4.59. The molecule has 1 heterocycles. The fourth-order valence-corrected chi connectivity index (χ4v) is 3.08. The Bertz CT molecular complexity index is 1000. The molecule has 2 aromatic rings. The first kappa shape index (κ1) is 25.1. The lowest BCUT2D eigenvalue weighted by molar-refractivity contribution is -0.384. The van der Waals surface area contributed by atoms with E-state index in [4.69, 9.17) is 24.4 Å². The molecule has 0 aliphatic carbocycles. The Labute approximate surface area is 189 Å². The van der Waals surface area contributed by atoms with Gasteiger partial charge in [-0.1, -0.05) is 0 Å². The summed E-state index contributed by atoms with van der Waals surface area (Å²) in [7, 11) is 3.22. The van der Waals surface area contributed by atoms with Gasteiger partial charge in [-0.2, -0.15) is 0 Å². The van der Waals surface area contributed by atoms with Gasteiger partial charge in [0, 0.05) is 36.4 Å². The van der Waals surface area contributed by atoms with Gasteiger partial charge in [0.25, 0.3) is 5.69 Å². The number of nitro benzene ring substituents is 1. The molecule has 11 nitrogen and oxygen atoms in total. The second kappa shape index (κ2) is 12.1. The molecule has 0 saturated heterocycles. The van der Waals surface area contributed by atoms with E-state index in [1.165, 1.54) is 12.1 Å². The topological polar surface area (TPSA) is 157 Å². The zero-order chi connectivity index (χ0) is 24.4. The van der Waals surface area contributed by atoms with Crippen molar-refractivity contribution >= 4 is 17.6 Å². The second-order valence-electron chi connectivity index (χ2n) is 6.73. The van der Waals surface area contributed by atoms with Gasteiger partial charge >= 0.3 is 11.9 Å². The van der Waals surface area contributed by atoms with E-state index >= 15 is 0 Å². The minimum absolute atomic E-state index is 0.0400. The van der Waals surface area contributed by atoms with Crippen molar-refractivity contribution in [3.8, 4) is 17.2 Å². The highest BCUT2D eigenvalue weighted by molar-refractivity contribution is 5.89. The maximum Gasteiger partial charge on any atom is 0.328 e. The fourth-order valence-electron chi connectivity index (χ4n) is 3.08. The number of nitrogens with zero attached hydrogens (tertiary/aromatic N) is 1. The molecule has 2 aromatic carbocycles. The van der Waals surface area contributed by atoms with Crippen LogP contribution in [0.5, 0.6) is 17.2 Å². The molecule has 33 heavy (non-hydrogen) atoms. The number of fused-ring (bicyclic) bond motifs is 1. The summed E-state index contributed by atoms with van der Waals surface area (Å²) in [6.45, 7) is 1.47. The van der Waals surface area contributed by atoms with Crippen LogP contribution in [0.25, 0.3) is 0 Å². The van der Waals surface area contributed by atoms with E-state index in [-0.39, 0.29) is 11.8 Å². The standard InChI is InChI=1S/C18H20N2O5.C4H4O4/c1-23-16-9-12-7-8-19-11-18(15(12)10-17(16)24-2)25-14-5-3-13(4-6-14)20(21)22;5-3(6)1-2-4(7)8/h3-6,9-10,18-19H,7-8,11H2,1-2H3;1-2H,(H,5,6)(H,7,8). The molecule has 1 unspecified atom stereocenters. The first-order valence-corrected chi connectivity index (χ1v) is 9.75. The second-order valence-corrected chi connectivity index (χ2v) is 6.73. The Morgan fingerprint density at radius 3 is 2.15 bits per heavy atom. The smallest absolute Gasteiger partial charge is 0.328 e. The number of ether oxygens (including phenoxy) is 3. The van der Waals surface area contributed by atoms with Gasteiger partial charge < -0.3 is 29.7 Å². The molecule has 0 fully saturated rings. The van der Waals surface area contributed by atoms with Crippen molar-refractivity contribution in [2.45, 2.75) is 12.5 Å². The average Bonchev–Trinajstić information content (AvgIpc) is 2.99. The van der Waals surface area contributed by atoms with Crippen LogP contribution in [0.15, 0.2) is 48.6 Å². The van der Waals surface area contributed by atoms with E-state index in [0.717, 1.165) is 24.1 Å². The highest BCUT2D eigenvalue weighted by Crippen LogP contribution is 2.36. The summed E-state index contributed by atoms with van der Waals surface area (Å²) in [5.74, 6) is -0.586. The van der Waals surface area contributed by atoms with Crippen LogP contribution in [-0.2, 0) is 16.0 Å². The van der Waals surface area contributed by atoms with Gasteiger partial charge in [0.15, 0.2) is 11.5 Å². The molecule has 0 radical (unpaired) electrons. The van der Waals surface area contributed by atoms with Crippen molar-refractivity contribution in [1.29, 1.82) is 0 Å². The normalized spacial score (nSPS) is 14.8. The third kappa shape index (κ3) is 7.51. The summed E-state index contributed by atoms with van der Waals surface area (Å²) >= 11 is 0. The van der Waals surface area contributed by atoms with Crippen molar-refractivity contribution in [3.63, 3.8) is 0 Å². The van der Waals surface area contributed by atoms with Crippen LogP contribution in [0.2, 0.25) is 0 Å². The van der Waals surface area contributed by atoms with Gasteiger partial charge in [0.1, 0.15) is 11.9 Å². The minimum atomic E-state index is -1.26. The summed E-state index contributed by atoms with van der Waals surface area (Å²) in [5, 5.41) is 29.7. The molecule has 3 rings (SSSR count). The lowest BCUT2D eigenvalue weighted by Gasteiger charge is -2.21. The van der Waals surface area contributed by atoms with E-state index < -0.39 is 16.9 Å². The van der Waals surface area contributed by atoms with Crippen LogP contribution >= 0.6 is 0 Å². The molecule has 3 N–H and O–H groups in total. The van der Waals surface area contributed by atoms with E-state index in [0.29, 0.717) is 35.9 Å². The number of nitrogens with one attached hydrogen (secondary N) is 1. The molecular formula is C22H24N2O9. The maximum atomic E-state index is 10.8. The summed E-state index contributed by atoms with van der Waals surface area (Å²) in [6, 6.07) is 10.0. The molecule has 1 aliphatic rings. The number of non-ortho nitro benzene ring substituents is 1. The summed E-state index contributed by atoms with van der Waals surface area (Å²) < 4.78 is 16.9. The number of carboxylic acids is 2. The largest absolute Gasteiger partial charge is 0.493 e. The maximum absolute atomic E-state index is 10.8. The van der Waals surface area contributed by atoms with Crippen molar-refractivity contribution in [1.82, 2.24) is 5.32 Å². The number of rotatable bonds is 7. The van der Waals surface area contributed by atoms with Crippen molar-refractivity contribution in [2.24, 2.45) is 0 Å². The van der Waals surface area contributed by atoms with Gasteiger partial charge in [-0.25, -0.2) is 9.59 Å². The number of hydrogen-bond donors (Lipinski definition) is 3. The number of benzene rings is 2. The fraction of sp³-hybridized carbons (Fsp3) is 0.273. The number of aliphatic carboxylic acids is 2. The van der Waals surface area contributed by atoms with Gasteiger partial charge in [-0.05, 0) is 42.8 Å². The van der Waals surface area contributed by atoms with E-state index in [2.05, 4.69) is 5.32 Å².